The van der Waals surface area contributed by atoms with E-state index in [2.05, 4.69) is 220 Å². The normalized spacial score (nSPS) is 11.3. The van der Waals surface area contributed by atoms with Gasteiger partial charge < -0.3 is 44.2 Å². The van der Waals surface area contributed by atoms with Crippen LogP contribution in [0.4, 0.5) is 68.2 Å². The zero-order valence-corrected chi connectivity index (χ0v) is 97.3. The van der Waals surface area contributed by atoms with Crippen molar-refractivity contribution < 1.29 is 43.3 Å². The van der Waals surface area contributed by atoms with E-state index < -0.39 is 40.1 Å². The molecule has 0 aliphatic heterocycles. The zero-order chi connectivity index (χ0) is 105. The Morgan fingerprint density at radius 3 is 0.729 bits per heavy atom. The number of sulfonamides is 4. The van der Waals surface area contributed by atoms with Crippen molar-refractivity contribution in [1.29, 1.82) is 0 Å². The number of anilines is 12. The molecule has 0 saturated carbocycles. The number of carbonyl (C=O) groups is 2. The number of hydrogen-bond donors (Lipinski definition) is 12. The van der Waals surface area contributed by atoms with Crippen molar-refractivity contribution in [2.75, 3.05) is 63.1 Å². The summed E-state index contributed by atoms with van der Waals surface area (Å²) in [7, 11) is -15.4. The Morgan fingerprint density at radius 1 is 0.243 bits per heavy atom. The van der Waals surface area contributed by atoms with E-state index in [4.69, 9.17) is 47.4 Å². The third-order valence-corrected chi connectivity index (χ3v) is 34.1. The Kier molecular flexibility index (Phi) is 41.6. The molecule has 0 atom stereocenters. The van der Waals surface area contributed by atoms with Crippen LogP contribution >= 0.6 is 152 Å². The average molecular weight is 2570 g/mol. The number of carbonyl (C=O) groups excluding carboxylic acids is 2. The smallest absolute Gasteiger partial charge is 0.261 e. The minimum absolute atomic E-state index is 0.000225. The lowest BCUT2D eigenvalue weighted by Gasteiger charge is -2.17. The second kappa shape index (κ2) is 52.4. The van der Waals surface area contributed by atoms with Crippen LogP contribution in [-0.4, -0.2) is 55.5 Å². The number of amides is 2. The fourth-order valence-electron chi connectivity index (χ4n) is 15.0. The SMILES string of the molecule is CCCCC(=O)Nc1ccc(Br)c2c(NC(=O)CCCC)ccc(Br)c12.CCCCC(=S)Nc1ccc(Br)c2c(NC(=S)CCCC)ccc(Br)c12.Cc1ccc(S(=O)(=O)Nc2ccc(Br)c3c(NS(=O)(=O)c4ccc(C)cc4)ccc(Br)c23)cc1.Cc1ccc(S(=O)(=O)Nc2cccc3c(NS(=O)(=O)c4ccc(C)cc4)cccc23)cc1.Nc1ccc(Br)c2c(N)ccc(Br)c12.Nc1cccc2c(N)cccc12. The van der Waals surface area contributed by atoms with E-state index in [0.29, 0.717) is 66.1 Å². The van der Waals surface area contributed by atoms with Gasteiger partial charge in [0.2, 0.25) is 11.8 Å². The largest absolute Gasteiger partial charge is 0.398 e. The Hall–Kier alpha value is -10.2. The van der Waals surface area contributed by atoms with Crippen molar-refractivity contribution in [3.05, 3.63) is 325 Å². The lowest BCUT2D eigenvalue weighted by atomic mass is 10.1. The molecule has 0 saturated heterocycles. The van der Waals surface area contributed by atoms with Crippen LogP contribution < -0.4 is 63.1 Å². The van der Waals surface area contributed by atoms with E-state index in [1.54, 1.807) is 133 Å². The number of halogens is 8. The van der Waals surface area contributed by atoms with Gasteiger partial charge in [0.1, 0.15) is 0 Å². The van der Waals surface area contributed by atoms with Gasteiger partial charge in [-0.1, -0.05) is 325 Å². The summed E-state index contributed by atoms with van der Waals surface area (Å²) >= 11 is 39.5. The van der Waals surface area contributed by atoms with E-state index in [9.17, 15) is 43.3 Å². The molecule has 0 aromatic heterocycles. The van der Waals surface area contributed by atoms with E-state index in [1.165, 1.54) is 24.3 Å². The van der Waals surface area contributed by atoms with Crippen LogP contribution in [0.2, 0.25) is 0 Å². The maximum Gasteiger partial charge on any atom is 0.261 e. The molecule has 16 aromatic carbocycles. The van der Waals surface area contributed by atoms with Crippen LogP contribution in [0.3, 0.4) is 0 Å². The predicted octanol–water partition coefficient (Wildman–Crippen LogP) is 32.0. The molecule has 16 N–H and O–H groups in total. The van der Waals surface area contributed by atoms with Crippen LogP contribution in [-0.2, 0) is 49.7 Å². The highest BCUT2D eigenvalue weighted by atomic mass is 79.9. The van der Waals surface area contributed by atoms with Crippen molar-refractivity contribution in [3.63, 3.8) is 0 Å². The third-order valence-electron chi connectivity index (χ3n) is 22.6. The summed E-state index contributed by atoms with van der Waals surface area (Å²) in [6.07, 6.45) is 10.9. The highest BCUT2D eigenvalue weighted by molar-refractivity contribution is 9.12. The number of benzene rings is 16. The monoisotopic (exact) mass is 2560 g/mol. The van der Waals surface area contributed by atoms with Crippen molar-refractivity contribution in [2.24, 2.45) is 0 Å². The molecule has 22 nitrogen and oxygen atoms in total. The molecule has 0 unspecified atom stereocenters. The number of nitrogens with one attached hydrogen (secondary N) is 8. The molecule has 0 heterocycles. The van der Waals surface area contributed by atoms with Gasteiger partial charge in [0.05, 0.1) is 52.3 Å². The van der Waals surface area contributed by atoms with Crippen LogP contribution in [0, 0.1) is 27.7 Å². The van der Waals surface area contributed by atoms with E-state index >= 15 is 0 Å². The van der Waals surface area contributed by atoms with Crippen molar-refractivity contribution in [1.82, 2.24) is 0 Å². The van der Waals surface area contributed by atoms with Crippen LogP contribution in [0.25, 0.3) is 64.6 Å². The second-order valence-corrected chi connectivity index (χ2v) is 48.2. The van der Waals surface area contributed by atoms with Gasteiger partial charge in [-0.2, -0.15) is 0 Å². The lowest BCUT2D eigenvalue weighted by Crippen LogP contribution is -2.15. The first kappa shape index (κ1) is 114. The van der Waals surface area contributed by atoms with Crippen LogP contribution in [0.5, 0.6) is 0 Å². The number of hydrogen-bond acceptors (Lipinski definition) is 16. The van der Waals surface area contributed by atoms with Gasteiger partial charge in [-0.15, -0.1) is 0 Å². The summed E-state index contributed by atoms with van der Waals surface area (Å²) in [5.41, 5.74) is 35.0. The number of rotatable bonds is 28. The summed E-state index contributed by atoms with van der Waals surface area (Å²) in [5, 5.41) is 22.9. The molecule has 16 aromatic rings. The molecule has 36 heteroatoms. The summed E-state index contributed by atoms with van der Waals surface area (Å²) in [6, 6.07) is 77.7. The number of thiocarbonyl (C=S) groups is 2. The average Bonchev–Trinajstić information content (AvgIpc) is 0.753. The topological polar surface area (TPSA) is 371 Å². The summed E-state index contributed by atoms with van der Waals surface area (Å²) in [6.45, 7) is 16.0. The van der Waals surface area contributed by atoms with Gasteiger partial charge in [0.25, 0.3) is 40.1 Å². The first-order valence-electron chi connectivity index (χ1n) is 45.7. The van der Waals surface area contributed by atoms with Gasteiger partial charge in [0.15, 0.2) is 0 Å². The number of nitrogen functional groups attached to an aromatic ring is 4. The molecule has 0 bridgehead atoms. The van der Waals surface area contributed by atoms with Gasteiger partial charge in [-0.05, 0) is 236 Å². The van der Waals surface area contributed by atoms with Crippen LogP contribution in [0.1, 0.15) is 127 Å². The van der Waals surface area contributed by atoms with Crippen LogP contribution in [0.15, 0.2) is 322 Å². The standard InChI is InChI=1S/C24H20Br2N2O4S2.C24H22N2O4S2.C20H24Br2N2O2.C20H24Br2N2S2.C10H8Br2N2.C10H10N2/c1-15-3-7-17(8-4-15)33(29,30)27-21-13-11-20(26)24-22(14-12-19(25)23(21)24)28-34(31,32)18-9-5-16(2)6-10-18;1-17-9-13-19(14-10-17)31(27,28)25-23-7-3-6-22-21(23)5-4-8-24(22)26-32(29,30)20-15-11-18(2)12-16-20;2*1-3-5-7-17(25)23-15-11-9-14(22)20-16(12-10-13(21)19(15)20)24-18(26)8-6-4-2;11-5-1-3-7(13)10-6(12)2-4-8(14)9(5)10;11-9-5-1-3-7-8(9)4-2-6-10(7)12/h3-14,27-28H,1-2H3;3-16,25-26H,1-2H3;2*9-12H,3-8H2,1-2H3,(H,23,25)(H,24,26);1-4H,13-14H2;1-6H,11-12H2. The second-order valence-electron chi connectivity index (χ2n) is 33.6. The Morgan fingerprint density at radius 2 is 0.458 bits per heavy atom. The van der Waals surface area contributed by atoms with Gasteiger partial charge >= 0.3 is 0 Å². The summed E-state index contributed by atoms with van der Waals surface area (Å²) in [4.78, 5) is 26.7. The molecule has 144 heavy (non-hydrogen) atoms. The highest BCUT2D eigenvalue weighted by Gasteiger charge is 2.26. The van der Waals surface area contributed by atoms with Crippen molar-refractivity contribution in [2.45, 2.75) is 152 Å². The molecule has 0 fully saturated rings. The molecule has 0 radical (unpaired) electrons. The molecule has 16 rings (SSSR count). The fourth-order valence-corrected chi connectivity index (χ4v) is 24.2. The predicted molar refractivity (Wildman–Crippen MR) is 639 cm³/mol. The lowest BCUT2D eigenvalue weighted by molar-refractivity contribution is -0.117. The number of nitrogens with two attached hydrogens (primary N) is 4. The molecule has 2 amide bonds. The first-order chi connectivity index (χ1) is 68.5. The number of aryl methyl sites for hydroxylation is 4. The minimum Gasteiger partial charge on any atom is -0.398 e. The fraction of sp³-hybridized carbons (Fsp3) is 0.185. The highest BCUT2D eigenvalue weighted by Crippen LogP contribution is 2.46. The van der Waals surface area contributed by atoms with Gasteiger partial charge in [-0.3, -0.25) is 28.5 Å². The Labute approximate surface area is 920 Å². The number of fused-ring (bicyclic) bond motifs is 6. The minimum atomic E-state index is -3.87. The van der Waals surface area contributed by atoms with Gasteiger partial charge in [0, 0.05) is 159 Å². The maximum absolute atomic E-state index is 13.0. The Balaban J connectivity index is 0.000000169. The van der Waals surface area contributed by atoms with Gasteiger partial charge in [-0.25, -0.2) is 33.7 Å². The molecular formula is C108H108Br8N12O10S6. The van der Waals surface area contributed by atoms with E-state index in [0.717, 1.165) is 212 Å². The zero-order valence-electron chi connectivity index (χ0n) is 79.8. The first-order valence-corrected chi connectivity index (χ1v) is 58.8. The molecule has 752 valence electrons. The molecular weight excluding hydrogens is 2460 g/mol. The molecule has 0 aliphatic rings. The van der Waals surface area contributed by atoms with E-state index in [1.807, 2.05) is 113 Å². The van der Waals surface area contributed by atoms with Crippen molar-refractivity contribution in [3.8, 4) is 0 Å². The summed E-state index contributed by atoms with van der Waals surface area (Å²) < 4.78 is 121. The Bertz CT molecular complexity index is 7310. The summed E-state index contributed by atoms with van der Waals surface area (Å²) in [5.74, 6) is -0.000450. The number of unbranched alkanes of at least 4 members (excludes halogenated alkanes) is 4. The quantitative estimate of drug-likeness (QED) is 0.0160. The van der Waals surface area contributed by atoms with E-state index in [-0.39, 0.29) is 31.4 Å². The third kappa shape index (κ3) is 30.1. The van der Waals surface area contributed by atoms with Crippen molar-refractivity contribution >= 4 is 347 Å². The molecule has 0 spiro atoms. The maximum atomic E-state index is 13.0. The molecule has 0 aliphatic carbocycles.